The fourth-order valence-electron chi connectivity index (χ4n) is 2.96. The number of alkyl halides is 3. The van der Waals surface area contributed by atoms with E-state index in [1.165, 1.54) is 19.9 Å². The summed E-state index contributed by atoms with van der Waals surface area (Å²) in [6, 6.07) is 3.47. The van der Waals surface area contributed by atoms with Crippen molar-refractivity contribution in [2.24, 2.45) is 0 Å². The van der Waals surface area contributed by atoms with Gasteiger partial charge >= 0.3 is 6.18 Å². The lowest BCUT2D eigenvalue weighted by Gasteiger charge is -2.40. The van der Waals surface area contributed by atoms with Crippen LogP contribution in [0.15, 0.2) is 24.4 Å². The van der Waals surface area contributed by atoms with Crippen molar-refractivity contribution >= 4 is 35.1 Å². The van der Waals surface area contributed by atoms with Gasteiger partial charge in [-0.2, -0.15) is 13.2 Å². The van der Waals surface area contributed by atoms with Crippen LogP contribution in [-0.2, 0) is 11.0 Å². The van der Waals surface area contributed by atoms with Crippen molar-refractivity contribution in [3.8, 4) is 0 Å². The zero-order valence-electron chi connectivity index (χ0n) is 17.4. The third-order valence-corrected chi connectivity index (χ3v) is 4.96. The number of hydrogen-bond acceptors (Lipinski definition) is 6. The van der Waals surface area contributed by atoms with Gasteiger partial charge in [-0.15, -0.1) is 0 Å². The number of aryl methyl sites for hydroxylation is 1. The minimum Gasteiger partial charge on any atom is -0.381 e. The molecule has 1 aliphatic heterocycles. The van der Waals surface area contributed by atoms with Gasteiger partial charge in [-0.3, -0.25) is 9.59 Å². The molecule has 8 nitrogen and oxygen atoms in total. The zero-order chi connectivity index (χ0) is 23.8. The van der Waals surface area contributed by atoms with Crippen LogP contribution in [0.4, 0.5) is 24.8 Å². The molecule has 0 atom stereocenters. The minimum atomic E-state index is -4.53. The third kappa shape index (κ3) is 5.46. The van der Waals surface area contributed by atoms with Crippen LogP contribution in [0, 0.1) is 6.92 Å². The van der Waals surface area contributed by atoms with Gasteiger partial charge < -0.3 is 20.6 Å². The van der Waals surface area contributed by atoms with E-state index in [-0.39, 0.29) is 28.3 Å². The molecule has 1 aliphatic rings. The molecule has 0 bridgehead atoms. The molecule has 2 amide bonds. The van der Waals surface area contributed by atoms with E-state index in [9.17, 15) is 27.9 Å². The molecule has 0 spiro atoms. The topological polar surface area (TPSA) is 107 Å². The summed E-state index contributed by atoms with van der Waals surface area (Å²) in [5.41, 5.74) is -1.80. The summed E-state index contributed by atoms with van der Waals surface area (Å²) in [6.07, 6.45) is -3.81. The van der Waals surface area contributed by atoms with Gasteiger partial charge in [-0.05, 0) is 39.0 Å². The van der Waals surface area contributed by atoms with Gasteiger partial charge in [0.25, 0.3) is 11.8 Å². The summed E-state index contributed by atoms with van der Waals surface area (Å²) in [6.45, 7) is 4.93. The van der Waals surface area contributed by atoms with Crippen molar-refractivity contribution in [2.45, 2.75) is 38.6 Å². The van der Waals surface area contributed by atoms with E-state index in [1.807, 2.05) is 0 Å². The number of nitrogens with one attached hydrogen (secondary N) is 2. The van der Waals surface area contributed by atoms with Crippen molar-refractivity contribution in [1.29, 1.82) is 0 Å². The molecular formula is C20H21ClF3N5O3. The third-order valence-electron chi connectivity index (χ3n) is 4.68. The van der Waals surface area contributed by atoms with E-state index >= 15 is 0 Å². The van der Waals surface area contributed by atoms with E-state index in [2.05, 4.69) is 20.6 Å². The maximum Gasteiger partial charge on any atom is 0.417 e. The summed E-state index contributed by atoms with van der Waals surface area (Å²) < 4.78 is 38.2. The van der Waals surface area contributed by atoms with Crippen LogP contribution in [0.25, 0.3) is 0 Å². The smallest absolute Gasteiger partial charge is 0.381 e. The van der Waals surface area contributed by atoms with Crippen molar-refractivity contribution in [3.63, 3.8) is 0 Å². The number of aromatic nitrogens is 2. The number of hydrogen-bond donors (Lipinski definition) is 3. The Hall–Kier alpha value is -2.92. The predicted octanol–water partition coefficient (Wildman–Crippen LogP) is 2.79. The lowest BCUT2D eigenvalue weighted by molar-refractivity contribution is -0.137. The normalized spacial score (nSPS) is 14.7. The number of pyridine rings is 2. The van der Waals surface area contributed by atoms with Gasteiger partial charge in [0.2, 0.25) is 0 Å². The van der Waals surface area contributed by atoms with Gasteiger partial charge in [-0.1, -0.05) is 11.6 Å². The first-order valence-electron chi connectivity index (χ1n) is 9.55. The van der Waals surface area contributed by atoms with Crippen LogP contribution < -0.4 is 15.5 Å². The fourth-order valence-corrected chi connectivity index (χ4v) is 3.25. The van der Waals surface area contributed by atoms with Gasteiger partial charge in [0, 0.05) is 30.5 Å². The van der Waals surface area contributed by atoms with E-state index in [0.717, 1.165) is 12.3 Å². The quantitative estimate of drug-likeness (QED) is 0.619. The molecule has 1 fully saturated rings. The Labute approximate surface area is 186 Å². The molecule has 0 aliphatic carbocycles. The van der Waals surface area contributed by atoms with Crippen molar-refractivity contribution in [3.05, 3.63) is 46.2 Å². The highest BCUT2D eigenvalue weighted by Crippen LogP contribution is 2.34. The average molecular weight is 472 g/mol. The largest absolute Gasteiger partial charge is 0.417 e. The lowest BCUT2D eigenvalue weighted by Crippen LogP contribution is -2.59. The van der Waals surface area contributed by atoms with Crippen LogP contribution in [0.2, 0.25) is 5.02 Å². The highest BCUT2D eigenvalue weighted by atomic mass is 35.5. The van der Waals surface area contributed by atoms with Crippen LogP contribution in [0.3, 0.4) is 0 Å². The first-order chi connectivity index (χ1) is 14.7. The first kappa shape index (κ1) is 23.7. The molecule has 0 radical (unpaired) electrons. The molecule has 2 aromatic heterocycles. The molecule has 0 unspecified atom stereocenters. The van der Waals surface area contributed by atoms with Gasteiger partial charge in [0.15, 0.2) is 0 Å². The van der Waals surface area contributed by atoms with E-state index in [0.29, 0.717) is 18.8 Å². The molecule has 0 saturated carbocycles. The Morgan fingerprint density at radius 1 is 1.22 bits per heavy atom. The Morgan fingerprint density at radius 3 is 2.44 bits per heavy atom. The molecule has 172 valence electrons. The molecule has 32 heavy (non-hydrogen) atoms. The lowest BCUT2D eigenvalue weighted by atomic mass is 10.1. The number of carbonyl (C=O) groups is 2. The van der Waals surface area contributed by atoms with Crippen LogP contribution >= 0.6 is 11.6 Å². The number of rotatable bonds is 5. The van der Waals surface area contributed by atoms with E-state index in [4.69, 9.17) is 11.6 Å². The van der Waals surface area contributed by atoms with Gasteiger partial charge in [0.1, 0.15) is 17.2 Å². The number of carbonyl (C=O) groups excluding carboxylic acids is 2. The zero-order valence-corrected chi connectivity index (χ0v) is 18.2. The van der Waals surface area contributed by atoms with Crippen LogP contribution in [0.1, 0.15) is 35.5 Å². The summed E-state index contributed by atoms with van der Waals surface area (Å²) in [5.74, 6) is -0.748. The SMILES string of the molecule is Cc1cc(C(=O)NC2CN(c3ncc(C(F)(F)F)cc3Cl)C2)cc(NC(=O)C(C)(C)O)n1. The summed E-state index contributed by atoms with van der Waals surface area (Å²) in [5, 5.41) is 14.9. The molecular weight excluding hydrogens is 451 g/mol. The maximum atomic E-state index is 12.7. The molecule has 1 saturated heterocycles. The Morgan fingerprint density at radius 2 is 1.88 bits per heavy atom. The second-order valence-corrected chi connectivity index (χ2v) is 8.41. The second kappa shape index (κ2) is 8.55. The van der Waals surface area contributed by atoms with Crippen LogP contribution in [0.5, 0.6) is 0 Å². The van der Waals surface area contributed by atoms with Crippen molar-refractivity contribution < 1.29 is 27.9 Å². The average Bonchev–Trinajstić information content (AvgIpc) is 2.62. The Bertz CT molecular complexity index is 1050. The predicted molar refractivity (Wildman–Crippen MR) is 112 cm³/mol. The number of halogens is 4. The van der Waals surface area contributed by atoms with Gasteiger partial charge in [-0.25, -0.2) is 9.97 Å². The van der Waals surface area contributed by atoms with E-state index < -0.39 is 29.2 Å². The number of amides is 2. The van der Waals surface area contributed by atoms with Crippen molar-refractivity contribution in [2.75, 3.05) is 23.3 Å². The number of nitrogens with zero attached hydrogens (tertiary/aromatic N) is 3. The van der Waals surface area contributed by atoms with Crippen LogP contribution in [-0.4, -0.2) is 51.6 Å². The second-order valence-electron chi connectivity index (χ2n) is 8.00. The summed E-state index contributed by atoms with van der Waals surface area (Å²) >= 11 is 5.95. The minimum absolute atomic E-state index is 0.123. The maximum absolute atomic E-state index is 12.7. The van der Waals surface area contributed by atoms with E-state index in [1.54, 1.807) is 17.9 Å². The number of anilines is 2. The molecule has 3 rings (SSSR count). The monoisotopic (exact) mass is 471 g/mol. The summed E-state index contributed by atoms with van der Waals surface area (Å²) in [4.78, 5) is 34.2. The Balaban J connectivity index is 1.62. The Kier molecular flexibility index (Phi) is 6.34. The molecule has 3 heterocycles. The molecule has 0 aromatic carbocycles. The fraction of sp³-hybridized carbons (Fsp3) is 0.400. The molecule has 3 N–H and O–H groups in total. The highest BCUT2D eigenvalue weighted by Gasteiger charge is 2.34. The van der Waals surface area contributed by atoms with Gasteiger partial charge in [0.05, 0.1) is 16.6 Å². The number of aliphatic hydroxyl groups is 1. The first-order valence-corrected chi connectivity index (χ1v) is 9.93. The van der Waals surface area contributed by atoms with Crippen molar-refractivity contribution in [1.82, 2.24) is 15.3 Å². The highest BCUT2D eigenvalue weighted by molar-refractivity contribution is 6.33. The summed E-state index contributed by atoms with van der Waals surface area (Å²) in [7, 11) is 0. The molecule has 2 aromatic rings. The molecule has 12 heteroatoms. The standard InChI is InChI=1S/C20H21ClF3N5O3/c1-10-4-11(5-15(26-10)28-18(31)19(2,3)32)17(30)27-13-8-29(9-13)16-14(21)6-12(7-25-16)20(22,23)24/h4-7,13,32H,8-9H2,1-3H3,(H,27,30)(H,26,28,31).